The number of hydrogen-bond donors (Lipinski definition) is 4. The summed E-state index contributed by atoms with van der Waals surface area (Å²) in [5, 5.41) is 18.2. The lowest BCUT2D eigenvalue weighted by molar-refractivity contribution is 0.407. The van der Waals surface area contributed by atoms with Gasteiger partial charge in [-0.1, -0.05) is 0 Å². The first-order valence-corrected chi connectivity index (χ1v) is 6.43. The summed E-state index contributed by atoms with van der Waals surface area (Å²) in [6.45, 7) is 0. The Balaban J connectivity index is 3.93. The van der Waals surface area contributed by atoms with Crippen LogP contribution in [0.15, 0.2) is 21.9 Å². The Labute approximate surface area is 90.3 Å². The SMILES string of the molecule is O=S(=O)(O)c1c(O)ccc(O)c1S(=O)(=O)O. The van der Waals surface area contributed by atoms with Gasteiger partial charge >= 0.3 is 0 Å². The summed E-state index contributed by atoms with van der Waals surface area (Å²) in [4.78, 5) is -2.95. The molecule has 8 nitrogen and oxygen atoms in total. The van der Waals surface area contributed by atoms with Crippen molar-refractivity contribution in [1.82, 2.24) is 0 Å². The lowest BCUT2D eigenvalue weighted by atomic mass is 10.3. The highest BCUT2D eigenvalue weighted by Gasteiger charge is 2.30. The van der Waals surface area contributed by atoms with Crippen LogP contribution < -0.4 is 0 Å². The molecule has 0 aliphatic carbocycles. The van der Waals surface area contributed by atoms with E-state index >= 15 is 0 Å². The summed E-state index contributed by atoms with van der Waals surface area (Å²) < 4.78 is 60.5. The lowest BCUT2D eigenvalue weighted by Crippen LogP contribution is -2.09. The Morgan fingerprint density at radius 3 is 1.19 bits per heavy atom. The predicted molar refractivity (Wildman–Crippen MR) is 49.4 cm³/mol. The van der Waals surface area contributed by atoms with Gasteiger partial charge < -0.3 is 10.2 Å². The van der Waals surface area contributed by atoms with E-state index in [1.165, 1.54) is 0 Å². The first-order chi connectivity index (χ1) is 7.05. The molecular formula is C6H6O8S2. The fourth-order valence-corrected chi connectivity index (χ4v) is 3.01. The minimum atomic E-state index is -5.12. The second-order valence-electron chi connectivity index (χ2n) is 2.71. The van der Waals surface area contributed by atoms with Crippen molar-refractivity contribution < 1.29 is 36.2 Å². The van der Waals surface area contributed by atoms with Crippen molar-refractivity contribution in [3.8, 4) is 11.5 Å². The summed E-state index contributed by atoms with van der Waals surface area (Å²) in [5.74, 6) is -2.24. The number of benzene rings is 1. The molecule has 0 saturated carbocycles. The van der Waals surface area contributed by atoms with Crippen molar-refractivity contribution >= 4 is 20.2 Å². The van der Waals surface area contributed by atoms with Gasteiger partial charge in [0, 0.05) is 0 Å². The molecule has 0 fully saturated rings. The number of phenols is 2. The van der Waals surface area contributed by atoms with Gasteiger partial charge in [-0.05, 0) is 12.1 Å². The standard InChI is InChI=1S/C6H6O8S2/c7-3-1-2-4(8)6(16(12,13)14)5(3)15(9,10)11/h1-2,7-8H,(H,9,10,11)(H,12,13,14). The molecule has 90 valence electrons. The third-order valence-electron chi connectivity index (χ3n) is 1.59. The monoisotopic (exact) mass is 270 g/mol. The highest BCUT2D eigenvalue weighted by molar-refractivity contribution is 7.89. The number of hydrogen-bond acceptors (Lipinski definition) is 6. The van der Waals surface area contributed by atoms with Crippen LogP contribution in [0.25, 0.3) is 0 Å². The fraction of sp³-hybridized carbons (Fsp3) is 0. The molecule has 0 aliphatic rings. The molecule has 0 saturated heterocycles. The molecule has 0 amide bonds. The summed E-state index contributed by atoms with van der Waals surface area (Å²) >= 11 is 0. The van der Waals surface area contributed by atoms with Crippen LogP contribution in [0, 0.1) is 0 Å². The van der Waals surface area contributed by atoms with E-state index in [9.17, 15) is 16.8 Å². The molecule has 0 heterocycles. The van der Waals surface area contributed by atoms with E-state index in [-0.39, 0.29) is 0 Å². The quantitative estimate of drug-likeness (QED) is 0.418. The van der Waals surface area contributed by atoms with Crippen LogP contribution in [-0.4, -0.2) is 36.2 Å². The molecule has 0 aromatic heterocycles. The molecule has 10 heteroatoms. The van der Waals surface area contributed by atoms with Crippen molar-refractivity contribution in [1.29, 1.82) is 0 Å². The summed E-state index contributed by atoms with van der Waals surface area (Å²) in [5.41, 5.74) is 0. The highest BCUT2D eigenvalue weighted by Crippen LogP contribution is 2.35. The zero-order valence-corrected chi connectivity index (χ0v) is 9.03. The maximum Gasteiger partial charge on any atom is 0.299 e. The Hall–Kier alpha value is -1.36. The third kappa shape index (κ3) is 2.24. The van der Waals surface area contributed by atoms with Crippen molar-refractivity contribution in [3.05, 3.63) is 12.1 Å². The topological polar surface area (TPSA) is 149 Å². The van der Waals surface area contributed by atoms with Crippen LogP contribution in [0.2, 0.25) is 0 Å². The highest BCUT2D eigenvalue weighted by atomic mass is 32.2. The molecule has 4 N–H and O–H groups in total. The fourth-order valence-electron chi connectivity index (χ4n) is 1.04. The predicted octanol–water partition coefficient (Wildman–Crippen LogP) is -0.409. The second-order valence-corrected chi connectivity index (χ2v) is 5.43. The van der Waals surface area contributed by atoms with Crippen LogP contribution in [0.4, 0.5) is 0 Å². The molecule has 0 aliphatic heterocycles. The molecule has 1 rings (SSSR count). The average Bonchev–Trinajstić information content (AvgIpc) is 2.04. The minimum Gasteiger partial charge on any atom is -0.506 e. The van der Waals surface area contributed by atoms with E-state index in [1.54, 1.807) is 0 Å². The van der Waals surface area contributed by atoms with Gasteiger partial charge in [-0.3, -0.25) is 9.11 Å². The Morgan fingerprint density at radius 2 is 1.00 bits per heavy atom. The maximum absolute atomic E-state index is 10.8. The molecule has 1 aromatic rings. The summed E-state index contributed by atoms with van der Waals surface area (Å²) in [7, 11) is -10.2. The number of rotatable bonds is 2. The number of phenolic OH excluding ortho intramolecular Hbond substituents is 2. The number of aromatic hydroxyl groups is 2. The third-order valence-corrected chi connectivity index (χ3v) is 3.57. The molecule has 0 radical (unpaired) electrons. The van der Waals surface area contributed by atoms with Gasteiger partial charge in [0.05, 0.1) is 0 Å². The minimum absolute atomic E-state index is 0.646. The zero-order chi connectivity index (χ0) is 12.7. The average molecular weight is 270 g/mol. The molecule has 16 heavy (non-hydrogen) atoms. The molecule has 0 spiro atoms. The second kappa shape index (κ2) is 3.59. The summed E-state index contributed by atoms with van der Waals surface area (Å²) in [6, 6.07) is 1.29. The first-order valence-electron chi connectivity index (χ1n) is 3.55. The van der Waals surface area contributed by atoms with Crippen molar-refractivity contribution in [3.63, 3.8) is 0 Å². The Morgan fingerprint density at radius 1 is 0.750 bits per heavy atom. The van der Waals surface area contributed by atoms with E-state index < -0.39 is 41.5 Å². The van der Waals surface area contributed by atoms with Crippen LogP contribution in [-0.2, 0) is 20.2 Å². The van der Waals surface area contributed by atoms with Gasteiger partial charge in [-0.25, -0.2) is 0 Å². The van der Waals surface area contributed by atoms with E-state index in [1.807, 2.05) is 0 Å². The molecule has 0 unspecified atom stereocenters. The van der Waals surface area contributed by atoms with Crippen LogP contribution >= 0.6 is 0 Å². The van der Waals surface area contributed by atoms with Gasteiger partial charge in [0.15, 0.2) is 9.79 Å². The van der Waals surface area contributed by atoms with Crippen molar-refractivity contribution in [2.24, 2.45) is 0 Å². The van der Waals surface area contributed by atoms with Crippen LogP contribution in [0.5, 0.6) is 11.5 Å². The normalized spacial score (nSPS) is 12.6. The van der Waals surface area contributed by atoms with Gasteiger partial charge in [0.2, 0.25) is 0 Å². The van der Waals surface area contributed by atoms with Crippen LogP contribution in [0.3, 0.4) is 0 Å². The van der Waals surface area contributed by atoms with Gasteiger partial charge in [0.25, 0.3) is 20.2 Å². The zero-order valence-electron chi connectivity index (χ0n) is 7.39. The van der Waals surface area contributed by atoms with Gasteiger partial charge in [0.1, 0.15) is 11.5 Å². The summed E-state index contributed by atoms with van der Waals surface area (Å²) in [6.07, 6.45) is 0. The lowest BCUT2D eigenvalue weighted by Gasteiger charge is -2.07. The largest absolute Gasteiger partial charge is 0.506 e. The Kier molecular flexibility index (Phi) is 2.85. The Bertz CT molecular complexity index is 570. The van der Waals surface area contributed by atoms with E-state index in [2.05, 4.69) is 0 Å². The molecule has 0 atom stereocenters. The maximum atomic E-state index is 10.8. The van der Waals surface area contributed by atoms with E-state index in [4.69, 9.17) is 19.3 Å². The van der Waals surface area contributed by atoms with Gasteiger partial charge in [-0.2, -0.15) is 16.8 Å². The van der Waals surface area contributed by atoms with Crippen molar-refractivity contribution in [2.75, 3.05) is 0 Å². The first kappa shape index (κ1) is 12.7. The van der Waals surface area contributed by atoms with E-state index in [0.717, 1.165) is 0 Å². The van der Waals surface area contributed by atoms with Crippen molar-refractivity contribution in [2.45, 2.75) is 9.79 Å². The van der Waals surface area contributed by atoms with Crippen LogP contribution in [0.1, 0.15) is 0 Å². The molecular weight excluding hydrogens is 264 g/mol. The van der Waals surface area contributed by atoms with E-state index in [0.29, 0.717) is 12.1 Å². The molecule has 1 aromatic carbocycles. The smallest absolute Gasteiger partial charge is 0.299 e. The van der Waals surface area contributed by atoms with Gasteiger partial charge in [-0.15, -0.1) is 0 Å². The molecule has 0 bridgehead atoms.